The molecule has 1 heterocycles. The van der Waals surface area contributed by atoms with E-state index in [1.54, 1.807) is 38.1 Å². The Bertz CT molecular complexity index is 796. The normalized spacial score (nSPS) is 11.4. The molecular weight excluding hydrogens is 376 g/mol. The molecule has 0 bridgehead atoms. The van der Waals surface area contributed by atoms with E-state index in [1.165, 1.54) is 0 Å². The number of carbonyl (C=O) groups excluding carboxylic acids is 1. The number of halogens is 1. The lowest BCUT2D eigenvalue weighted by Crippen LogP contribution is -2.19. The van der Waals surface area contributed by atoms with Gasteiger partial charge in [0, 0.05) is 16.5 Å². The standard InChI is InChI=1S/C17H17BrN2O4/c1-10(14-9-12(24-11(14)2)7-8-16(21)22)19-20-17(23)13-5-3-4-6-15(13)18/h3-6,9H,7-8H2,1-2H3,(H,20,23)(H,21,22)/b19-10-. The van der Waals surface area contributed by atoms with Gasteiger partial charge in [0.15, 0.2) is 0 Å². The molecule has 126 valence electrons. The number of hydrazone groups is 1. The summed E-state index contributed by atoms with van der Waals surface area (Å²) in [5.74, 6) is 0.00845. The average Bonchev–Trinajstić information content (AvgIpc) is 2.92. The zero-order chi connectivity index (χ0) is 17.7. The van der Waals surface area contributed by atoms with Crippen molar-refractivity contribution in [1.29, 1.82) is 0 Å². The van der Waals surface area contributed by atoms with Crippen molar-refractivity contribution >= 4 is 33.5 Å². The van der Waals surface area contributed by atoms with Crippen LogP contribution >= 0.6 is 15.9 Å². The largest absolute Gasteiger partial charge is 0.481 e. The molecule has 6 nitrogen and oxygen atoms in total. The summed E-state index contributed by atoms with van der Waals surface area (Å²) in [5.41, 5.74) is 4.31. The highest BCUT2D eigenvalue weighted by molar-refractivity contribution is 9.10. The number of carbonyl (C=O) groups is 2. The third kappa shape index (κ3) is 4.55. The quantitative estimate of drug-likeness (QED) is 0.580. The van der Waals surface area contributed by atoms with E-state index in [9.17, 15) is 9.59 Å². The zero-order valence-electron chi connectivity index (χ0n) is 13.3. The van der Waals surface area contributed by atoms with Crippen LogP contribution in [0.4, 0.5) is 0 Å². The van der Waals surface area contributed by atoms with Crippen LogP contribution in [-0.4, -0.2) is 22.7 Å². The Morgan fingerprint density at radius 2 is 2.00 bits per heavy atom. The number of amides is 1. The lowest BCUT2D eigenvalue weighted by atomic mass is 10.1. The second kappa shape index (κ2) is 7.92. The van der Waals surface area contributed by atoms with Crippen LogP contribution in [0.5, 0.6) is 0 Å². The minimum absolute atomic E-state index is 0.00134. The lowest BCUT2D eigenvalue weighted by Gasteiger charge is -2.03. The maximum absolute atomic E-state index is 12.1. The topological polar surface area (TPSA) is 91.9 Å². The Morgan fingerprint density at radius 3 is 2.67 bits per heavy atom. The van der Waals surface area contributed by atoms with Gasteiger partial charge in [-0.1, -0.05) is 12.1 Å². The van der Waals surface area contributed by atoms with Crippen molar-refractivity contribution in [3.05, 3.63) is 57.5 Å². The zero-order valence-corrected chi connectivity index (χ0v) is 14.9. The first-order valence-electron chi connectivity index (χ1n) is 7.29. The van der Waals surface area contributed by atoms with E-state index in [2.05, 4.69) is 26.5 Å². The van der Waals surface area contributed by atoms with Crippen LogP contribution in [-0.2, 0) is 11.2 Å². The Kier molecular flexibility index (Phi) is 5.92. The van der Waals surface area contributed by atoms with Crippen molar-refractivity contribution < 1.29 is 19.1 Å². The van der Waals surface area contributed by atoms with E-state index >= 15 is 0 Å². The average molecular weight is 393 g/mol. The predicted octanol–water partition coefficient (Wildman–Crippen LogP) is 3.52. The SMILES string of the molecule is C/C(=N/NC(=O)c1ccccc1Br)c1cc(CCC(=O)O)oc1C. The molecule has 0 unspecified atom stereocenters. The second-order valence-corrected chi connectivity index (χ2v) is 6.05. The second-order valence-electron chi connectivity index (χ2n) is 5.19. The molecule has 0 saturated carbocycles. The fourth-order valence-corrected chi connectivity index (χ4v) is 2.62. The van der Waals surface area contributed by atoms with E-state index in [4.69, 9.17) is 9.52 Å². The van der Waals surface area contributed by atoms with E-state index < -0.39 is 5.97 Å². The van der Waals surface area contributed by atoms with Gasteiger partial charge in [-0.25, -0.2) is 5.43 Å². The van der Waals surface area contributed by atoms with Gasteiger partial charge >= 0.3 is 5.97 Å². The number of furan rings is 1. The van der Waals surface area contributed by atoms with Crippen molar-refractivity contribution in [3.63, 3.8) is 0 Å². The number of hydrogen-bond donors (Lipinski definition) is 2. The predicted molar refractivity (Wildman–Crippen MR) is 93.2 cm³/mol. The minimum atomic E-state index is -0.878. The van der Waals surface area contributed by atoms with Gasteiger partial charge in [0.1, 0.15) is 11.5 Å². The fourth-order valence-electron chi connectivity index (χ4n) is 2.16. The van der Waals surface area contributed by atoms with Gasteiger partial charge in [0.2, 0.25) is 0 Å². The number of benzene rings is 1. The number of aliphatic carboxylic acids is 1. The monoisotopic (exact) mass is 392 g/mol. The van der Waals surface area contributed by atoms with Gasteiger partial charge in [-0.15, -0.1) is 0 Å². The van der Waals surface area contributed by atoms with E-state index in [1.807, 2.05) is 6.07 Å². The molecular formula is C17H17BrN2O4. The van der Waals surface area contributed by atoms with Gasteiger partial charge < -0.3 is 9.52 Å². The van der Waals surface area contributed by atoms with Gasteiger partial charge in [-0.05, 0) is 48.0 Å². The maximum atomic E-state index is 12.1. The van der Waals surface area contributed by atoms with Crippen molar-refractivity contribution in [3.8, 4) is 0 Å². The Labute approximate surface area is 147 Å². The molecule has 1 aromatic carbocycles. The maximum Gasteiger partial charge on any atom is 0.303 e. The summed E-state index contributed by atoms with van der Waals surface area (Å²) in [6, 6.07) is 8.81. The van der Waals surface area contributed by atoms with Crippen molar-refractivity contribution in [2.45, 2.75) is 26.7 Å². The highest BCUT2D eigenvalue weighted by Gasteiger charge is 2.13. The number of nitrogens with zero attached hydrogens (tertiary/aromatic N) is 1. The molecule has 0 aliphatic carbocycles. The molecule has 0 saturated heterocycles. The highest BCUT2D eigenvalue weighted by atomic mass is 79.9. The van der Waals surface area contributed by atoms with Crippen LogP contribution < -0.4 is 5.43 Å². The summed E-state index contributed by atoms with van der Waals surface area (Å²) < 4.78 is 6.22. The number of carboxylic acid groups (broad SMARTS) is 1. The van der Waals surface area contributed by atoms with Gasteiger partial charge in [-0.3, -0.25) is 9.59 Å². The third-order valence-electron chi connectivity index (χ3n) is 3.39. The number of carboxylic acids is 1. The number of nitrogens with one attached hydrogen (secondary N) is 1. The first kappa shape index (κ1) is 17.9. The molecule has 2 aromatic rings. The fraction of sp³-hybridized carbons (Fsp3) is 0.235. The van der Waals surface area contributed by atoms with Crippen molar-refractivity contribution in [2.75, 3.05) is 0 Å². The van der Waals surface area contributed by atoms with Gasteiger partial charge in [-0.2, -0.15) is 5.10 Å². The molecule has 0 fully saturated rings. The van der Waals surface area contributed by atoms with Crippen molar-refractivity contribution in [1.82, 2.24) is 5.43 Å². The molecule has 24 heavy (non-hydrogen) atoms. The first-order valence-corrected chi connectivity index (χ1v) is 8.08. The molecule has 2 N–H and O–H groups in total. The smallest absolute Gasteiger partial charge is 0.303 e. The van der Waals surface area contributed by atoms with Gasteiger partial charge in [0.25, 0.3) is 5.91 Å². The van der Waals surface area contributed by atoms with Gasteiger partial charge in [0.05, 0.1) is 17.7 Å². The van der Waals surface area contributed by atoms with Crippen LogP contribution in [0.2, 0.25) is 0 Å². The summed E-state index contributed by atoms with van der Waals surface area (Å²) >= 11 is 3.32. The molecule has 0 aliphatic heterocycles. The Morgan fingerprint density at radius 1 is 1.29 bits per heavy atom. The molecule has 7 heteroatoms. The molecule has 0 spiro atoms. The summed E-state index contributed by atoms with van der Waals surface area (Å²) in [4.78, 5) is 22.8. The number of hydrogen-bond acceptors (Lipinski definition) is 4. The van der Waals surface area contributed by atoms with Crippen molar-refractivity contribution in [2.24, 2.45) is 5.10 Å². The summed E-state index contributed by atoms with van der Waals surface area (Å²) in [7, 11) is 0. The summed E-state index contributed by atoms with van der Waals surface area (Å²) in [5, 5.41) is 12.8. The summed E-state index contributed by atoms with van der Waals surface area (Å²) in [6.07, 6.45) is 0.314. The number of rotatable bonds is 6. The Hall–Kier alpha value is -2.41. The summed E-state index contributed by atoms with van der Waals surface area (Å²) in [6.45, 7) is 3.52. The molecule has 1 amide bonds. The van der Waals surface area contributed by atoms with E-state index in [0.29, 0.717) is 33.7 Å². The van der Waals surface area contributed by atoms with Crippen LogP contribution in [0.25, 0.3) is 0 Å². The molecule has 0 aliphatic rings. The van der Waals surface area contributed by atoms with E-state index in [0.717, 1.165) is 5.56 Å². The molecule has 1 aromatic heterocycles. The highest BCUT2D eigenvalue weighted by Crippen LogP contribution is 2.18. The van der Waals surface area contributed by atoms with Crippen LogP contribution in [0, 0.1) is 6.92 Å². The van der Waals surface area contributed by atoms with Crippen LogP contribution in [0.3, 0.4) is 0 Å². The van der Waals surface area contributed by atoms with E-state index in [-0.39, 0.29) is 12.3 Å². The lowest BCUT2D eigenvalue weighted by molar-refractivity contribution is -0.137. The third-order valence-corrected chi connectivity index (χ3v) is 4.08. The molecule has 0 radical (unpaired) electrons. The Balaban J connectivity index is 2.09. The number of aryl methyl sites for hydroxylation is 2. The molecule has 2 rings (SSSR count). The van der Waals surface area contributed by atoms with Crippen LogP contribution in [0.15, 0.2) is 44.3 Å². The van der Waals surface area contributed by atoms with Crippen LogP contribution in [0.1, 0.15) is 40.8 Å². The minimum Gasteiger partial charge on any atom is -0.481 e. The molecule has 0 atom stereocenters. The first-order chi connectivity index (χ1) is 11.4.